The molecule has 1 heterocycles. The standard InChI is InChI=1S/C25H34N2O3S/c1-19(2)23-10-8-9-20(3)25(23)26-24(28)16-13-21-11-14-22(15-12-21)31(29,30)27-17-6-4-5-7-18-27/h8-12,14-15,19H,4-7,13,16-18H2,1-3H3,(H,26,28). The fourth-order valence-electron chi connectivity index (χ4n) is 4.06. The van der Waals surface area contributed by atoms with Gasteiger partial charge in [0.1, 0.15) is 0 Å². The Morgan fingerprint density at radius 3 is 2.26 bits per heavy atom. The van der Waals surface area contributed by atoms with Crippen LogP contribution in [0, 0.1) is 6.92 Å². The van der Waals surface area contributed by atoms with Crippen LogP contribution in [0.4, 0.5) is 5.69 Å². The van der Waals surface area contributed by atoms with E-state index in [0.717, 1.165) is 48.1 Å². The van der Waals surface area contributed by atoms with Crippen molar-refractivity contribution in [1.82, 2.24) is 4.31 Å². The van der Waals surface area contributed by atoms with Gasteiger partial charge in [-0.1, -0.05) is 57.0 Å². The predicted molar refractivity (Wildman–Crippen MR) is 126 cm³/mol. The van der Waals surface area contributed by atoms with Crippen LogP contribution in [-0.2, 0) is 21.2 Å². The molecule has 1 N–H and O–H groups in total. The Kier molecular flexibility index (Phi) is 7.89. The number of carbonyl (C=O) groups excluding carboxylic acids is 1. The number of aryl methyl sites for hydroxylation is 2. The van der Waals surface area contributed by atoms with Gasteiger partial charge in [-0.05, 0) is 60.9 Å². The second-order valence-corrected chi connectivity index (χ2v) is 10.6. The van der Waals surface area contributed by atoms with Crippen molar-refractivity contribution in [3.63, 3.8) is 0 Å². The Labute approximate surface area is 186 Å². The number of benzene rings is 2. The van der Waals surface area contributed by atoms with E-state index < -0.39 is 10.0 Å². The molecule has 0 atom stereocenters. The second-order valence-electron chi connectivity index (χ2n) is 8.70. The summed E-state index contributed by atoms with van der Waals surface area (Å²) in [4.78, 5) is 12.9. The van der Waals surface area contributed by atoms with Crippen molar-refractivity contribution in [3.8, 4) is 0 Å². The SMILES string of the molecule is Cc1cccc(C(C)C)c1NC(=O)CCc1ccc(S(=O)(=O)N2CCCCCC2)cc1. The lowest BCUT2D eigenvalue weighted by Gasteiger charge is -2.20. The first-order chi connectivity index (χ1) is 14.8. The lowest BCUT2D eigenvalue weighted by Crippen LogP contribution is -2.31. The van der Waals surface area contributed by atoms with Crippen LogP contribution in [-0.4, -0.2) is 31.7 Å². The summed E-state index contributed by atoms with van der Waals surface area (Å²) in [6, 6.07) is 13.1. The Bertz CT molecular complexity index is 990. The Balaban J connectivity index is 1.61. The molecule has 6 heteroatoms. The molecule has 1 amide bonds. The lowest BCUT2D eigenvalue weighted by molar-refractivity contribution is -0.116. The second kappa shape index (κ2) is 10.4. The van der Waals surface area contributed by atoms with Crippen molar-refractivity contribution < 1.29 is 13.2 Å². The van der Waals surface area contributed by atoms with Gasteiger partial charge in [-0.2, -0.15) is 4.31 Å². The minimum atomic E-state index is -3.44. The van der Waals surface area contributed by atoms with Gasteiger partial charge in [-0.25, -0.2) is 8.42 Å². The van der Waals surface area contributed by atoms with Gasteiger partial charge in [0.15, 0.2) is 0 Å². The molecule has 0 unspecified atom stereocenters. The number of para-hydroxylation sites is 1. The summed E-state index contributed by atoms with van der Waals surface area (Å²) >= 11 is 0. The number of hydrogen-bond acceptors (Lipinski definition) is 3. The normalized spacial score (nSPS) is 15.6. The average Bonchev–Trinajstić information content (AvgIpc) is 3.04. The number of rotatable bonds is 7. The number of amides is 1. The van der Waals surface area contributed by atoms with E-state index in [9.17, 15) is 13.2 Å². The molecule has 0 bridgehead atoms. The first-order valence-electron chi connectivity index (χ1n) is 11.3. The molecule has 2 aromatic rings. The van der Waals surface area contributed by atoms with Crippen molar-refractivity contribution in [2.24, 2.45) is 0 Å². The monoisotopic (exact) mass is 442 g/mol. The van der Waals surface area contributed by atoms with Gasteiger partial charge in [-0.15, -0.1) is 0 Å². The number of nitrogens with one attached hydrogen (secondary N) is 1. The molecule has 1 aliphatic heterocycles. The molecule has 0 aromatic heterocycles. The van der Waals surface area contributed by atoms with Crippen LogP contribution in [0.15, 0.2) is 47.4 Å². The van der Waals surface area contributed by atoms with Crippen molar-refractivity contribution in [2.75, 3.05) is 18.4 Å². The molecular weight excluding hydrogens is 408 g/mol. The third kappa shape index (κ3) is 5.95. The van der Waals surface area contributed by atoms with Gasteiger partial charge in [0.2, 0.25) is 15.9 Å². The Morgan fingerprint density at radius 2 is 1.65 bits per heavy atom. The Morgan fingerprint density at radius 1 is 1.00 bits per heavy atom. The molecular formula is C25H34N2O3S. The van der Waals surface area contributed by atoms with Gasteiger partial charge in [0.25, 0.3) is 0 Å². The summed E-state index contributed by atoms with van der Waals surface area (Å²) < 4.78 is 27.4. The van der Waals surface area contributed by atoms with Gasteiger partial charge >= 0.3 is 0 Å². The molecule has 168 valence electrons. The van der Waals surface area contributed by atoms with Crippen LogP contribution in [0.25, 0.3) is 0 Å². The molecule has 5 nitrogen and oxygen atoms in total. The van der Waals surface area contributed by atoms with Gasteiger partial charge in [0, 0.05) is 25.2 Å². The van der Waals surface area contributed by atoms with Crippen LogP contribution in [0.2, 0.25) is 0 Å². The highest BCUT2D eigenvalue weighted by Gasteiger charge is 2.24. The Hall–Kier alpha value is -2.18. The zero-order valence-corrected chi connectivity index (χ0v) is 19.7. The van der Waals surface area contributed by atoms with Gasteiger partial charge < -0.3 is 5.32 Å². The third-order valence-electron chi connectivity index (χ3n) is 5.96. The summed E-state index contributed by atoms with van der Waals surface area (Å²) in [7, 11) is -3.44. The molecule has 1 saturated heterocycles. The molecule has 0 spiro atoms. The van der Waals surface area contributed by atoms with Crippen LogP contribution in [0.1, 0.15) is 68.6 Å². The minimum absolute atomic E-state index is 0.0301. The smallest absolute Gasteiger partial charge is 0.243 e. The van der Waals surface area contributed by atoms with Crippen LogP contribution in [0.3, 0.4) is 0 Å². The molecule has 0 aliphatic carbocycles. The number of sulfonamides is 1. The minimum Gasteiger partial charge on any atom is -0.326 e. The molecule has 3 rings (SSSR count). The summed E-state index contributed by atoms with van der Waals surface area (Å²) in [5, 5.41) is 3.07. The summed E-state index contributed by atoms with van der Waals surface area (Å²) in [6.45, 7) is 7.44. The maximum atomic E-state index is 12.9. The van der Waals surface area contributed by atoms with E-state index in [0.29, 0.717) is 36.7 Å². The zero-order chi connectivity index (χ0) is 22.4. The van der Waals surface area contributed by atoms with Crippen LogP contribution in [0.5, 0.6) is 0 Å². The fraction of sp³-hybridized carbons (Fsp3) is 0.480. The van der Waals surface area contributed by atoms with Crippen molar-refractivity contribution in [3.05, 3.63) is 59.2 Å². The quantitative estimate of drug-likeness (QED) is 0.636. The highest BCUT2D eigenvalue weighted by molar-refractivity contribution is 7.89. The highest BCUT2D eigenvalue weighted by atomic mass is 32.2. The van der Waals surface area contributed by atoms with Crippen LogP contribution < -0.4 is 5.32 Å². The van der Waals surface area contributed by atoms with E-state index in [1.807, 2.05) is 31.2 Å². The van der Waals surface area contributed by atoms with E-state index >= 15 is 0 Å². The molecule has 0 saturated carbocycles. The molecule has 0 radical (unpaired) electrons. The largest absolute Gasteiger partial charge is 0.326 e. The van der Waals surface area contributed by atoms with E-state index in [2.05, 4.69) is 25.2 Å². The highest BCUT2D eigenvalue weighted by Crippen LogP contribution is 2.27. The molecule has 1 fully saturated rings. The predicted octanol–water partition coefficient (Wildman–Crippen LogP) is 5.25. The number of anilines is 1. The van der Waals surface area contributed by atoms with E-state index in [-0.39, 0.29) is 5.91 Å². The lowest BCUT2D eigenvalue weighted by atomic mass is 9.98. The number of carbonyl (C=O) groups is 1. The van der Waals surface area contributed by atoms with Crippen LogP contribution >= 0.6 is 0 Å². The van der Waals surface area contributed by atoms with E-state index in [1.54, 1.807) is 16.4 Å². The molecule has 2 aromatic carbocycles. The van der Waals surface area contributed by atoms with Crippen molar-refractivity contribution >= 4 is 21.6 Å². The first-order valence-corrected chi connectivity index (χ1v) is 12.7. The third-order valence-corrected chi connectivity index (χ3v) is 7.87. The summed E-state index contributed by atoms with van der Waals surface area (Å²) in [6.07, 6.45) is 4.95. The maximum absolute atomic E-state index is 12.9. The number of hydrogen-bond donors (Lipinski definition) is 1. The molecule has 1 aliphatic rings. The summed E-state index contributed by atoms with van der Waals surface area (Å²) in [5.41, 5.74) is 4.05. The number of nitrogens with zero attached hydrogens (tertiary/aromatic N) is 1. The average molecular weight is 443 g/mol. The summed E-state index contributed by atoms with van der Waals surface area (Å²) in [5.74, 6) is 0.298. The maximum Gasteiger partial charge on any atom is 0.243 e. The van der Waals surface area contributed by atoms with Gasteiger partial charge in [0.05, 0.1) is 4.90 Å². The first kappa shape index (κ1) is 23.5. The zero-order valence-electron chi connectivity index (χ0n) is 18.9. The topological polar surface area (TPSA) is 66.5 Å². The molecule has 31 heavy (non-hydrogen) atoms. The fourth-order valence-corrected chi connectivity index (χ4v) is 5.58. The van der Waals surface area contributed by atoms with Crippen molar-refractivity contribution in [1.29, 1.82) is 0 Å². The van der Waals surface area contributed by atoms with Crippen molar-refractivity contribution in [2.45, 2.75) is 70.1 Å². The van der Waals surface area contributed by atoms with E-state index in [1.165, 1.54) is 0 Å². The van der Waals surface area contributed by atoms with E-state index in [4.69, 9.17) is 0 Å². The van der Waals surface area contributed by atoms with Gasteiger partial charge in [-0.3, -0.25) is 4.79 Å².